The number of thiazole rings is 1. The molecule has 14 heteroatoms. The fourth-order valence-corrected chi connectivity index (χ4v) is 3.65. The number of hydrogen-bond donors (Lipinski definition) is 2. The maximum atomic E-state index is 13.0. The van der Waals surface area contributed by atoms with Crippen molar-refractivity contribution >= 4 is 40.6 Å². The van der Waals surface area contributed by atoms with Gasteiger partial charge in [-0.1, -0.05) is 11.6 Å². The molecule has 3 rings (SSSR count). The first kappa shape index (κ1) is 23.5. The summed E-state index contributed by atoms with van der Waals surface area (Å²) in [6, 6.07) is 0.355. The Hall–Kier alpha value is -3.19. The average molecular weight is 489 g/mol. The molecule has 3 aromatic heterocycles. The normalized spacial score (nSPS) is 12.3. The highest BCUT2D eigenvalue weighted by atomic mass is 35.5. The number of aromatic nitrogens is 4. The number of carbonyl (C=O) groups excluding carboxylic acids is 2. The Labute approximate surface area is 188 Å². The summed E-state index contributed by atoms with van der Waals surface area (Å²) in [5.74, 6) is -1.44. The summed E-state index contributed by atoms with van der Waals surface area (Å²) in [7, 11) is 3.05. The summed E-state index contributed by atoms with van der Waals surface area (Å²) in [6.45, 7) is 1.67. The Kier molecular flexibility index (Phi) is 6.69. The molecule has 0 aliphatic carbocycles. The van der Waals surface area contributed by atoms with Crippen LogP contribution >= 0.6 is 22.9 Å². The quantitative estimate of drug-likeness (QED) is 0.547. The van der Waals surface area contributed by atoms with Gasteiger partial charge in [0, 0.05) is 13.2 Å². The predicted octanol–water partition coefficient (Wildman–Crippen LogP) is 3.70. The van der Waals surface area contributed by atoms with Crippen LogP contribution in [0.1, 0.15) is 43.7 Å². The first-order chi connectivity index (χ1) is 15.0. The molecular formula is C18H16ClF3N6O3S. The van der Waals surface area contributed by atoms with Gasteiger partial charge in [0.1, 0.15) is 21.4 Å². The average Bonchev–Trinajstić information content (AvgIpc) is 3.35. The van der Waals surface area contributed by atoms with Crippen LogP contribution in [0.2, 0.25) is 5.02 Å². The highest BCUT2D eigenvalue weighted by molar-refractivity contribution is 7.13. The van der Waals surface area contributed by atoms with E-state index in [1.54, 1.807) is 14.0 Å². The van der Waals surface area contributed by atoms with Crippen LogP contribution in [0, 0.1) is 0 Å². The topological polar surface area (TPSA) is 111 Å². The molecule has 170 valence electrons. The molecule has 0 aliphatic heterocycles. The molecule has 2 N–H and O–H groups in total. The summed E-state index contributed by atoms with van der Waals surface area (Å²) >= 11 is 6.50. The first-order valence-electron chi connectivity index (χ1n) is 8.87. The molecule has 3 heterocycles. The Bertz CT molecular complexity index is 1160. The van der Waals surface area contributed by atoms with Crippen LogP contribution in [0.4, 0.5) is 19.0 Å². The molecule has 0 saturated heterocycles. The van der Waals surface area contributed by atoms with Crippen molar-refractivity contribution in [2.75, 3.05) is 12.4 Å². The predicted molar refractivity (Wildman–Crippen MR) is 110 cm³/mol. The number of alkyl halides is 3. The van der Waals surface area contributed by atoms with Gasteiger partial charge in [-0.2, -0.15) is 13.2 Å². The van der Waals surface area contributed by atoms with Crippen molar-refractivity contribution < 1.29 is 27.5 Å². The zero-order chi connectivity index (χ0) is 23.6. The molecule has 0 unspecified atom stereocenters. The second-order valence-corrected chi connectivity index (χ2v) is 7.92. The van der Waals surface area contributed by atoms with Crippen molar-refractivity contribution in [1.82, 2.24) is 24.8 Å². The van der Waals surface area contributed by atoms with E-state index >= 15 is 0 Å². The highest BCUT2D eigenvalue weighted by Crippen LogP contribution is 2.35. The van der Waals surface area contributed by atoms with E-state index in [0.29, 0.717) is 11.1 Å². The Morgan fingerprint density at radius 2 is 1.91 bits per heavy atom. The third-order valence-electron chi connectivity index (χ3n) is 4.23. The lowest BCUT2D eigenvalue weighted by Gasteiger charge is -2.11. The van der Waals surface area contributed by atoms with E-state index in [0.717, 1.165) is 17.5 Å². The molecule has 0 saturated carbocycles. The lowest BCUT2D eigenvalue weighted by Crippen LogP contribution is -2.28. The van der Waals surface area contributed by atoms with Gasteiger partial charge >= 0.3 is 6.18 Å². The molecule has 0 spiro atoms. The van der Waals surface area contributed by atoms with Crippen LogP contribution in [0.15, 0.2) is 24.7 Å². The number of amides is 2. The zero-order valence-corrected chi connectivity index (χ0v) is 18.4. The van der Waals surface area contributed by atoms with Gasteiger partial charge in [0.25, 0.3) is 17.8 Å². The van der Waals surface area contributed by atoms with E-state index in [2.05, 4.69) is 25.6 Å². The number of nitrogens with zero attached hydrogens (tertiary/aromatic N) is 4. The Morgan fingerprint density at radius 1 is 1.19 bits per heavy atom. The number of pyridine rings is 1. The first-order valence-corrected chi connectivity index (χ1v) is 10.1. The SMILES string of the molecule is COc1ncc(C(=O)N[C@H](C)c2ncc(C(=O)Nc3cc(C(F)(F)F)c(Cl)cn3)s2)n1C. The van der Waals surface area contributed by atoms with Gasteiger partial charge < -0.3 is 15.4 Å². The van der Waals surface area contributed by atoms with Crippen molar-refractivity contribution in [1.29, 1.82) is 0 Å². The molecule has 0 fully saturated rings. The van der Waals surface area contributed by atoms with Crippen molar-refractivity contribution in [2.24, 2.45) is 7.05 Å². The van der Waals surface area contributed by atoms with Gasteiger partial charge in [0.2, 0.25) is 0 Å². The second kappa shape index (κ2) is 9.12. The number of methoxy groups -OCH3 is 1. The summed E-state index contributed by atoms with van der Waals surface area (Å²) in [5.41, 5.74) is -0.852. The van der Waals surface area contributed by atoms with Crippen molar-refractivity contribution in [3.05, 3.63) is 50.8 Å². The van der Waals surface area contributed by atoms with E-state index in [1.807, 2.05) is 0 Å². The van der Waals surface area contributed by atoms with Crippen LogP contribution in [0.5, 0.6) is 6.01 Å². The van der Waals surface area contributed by atoms with Crippen LogP contribution in [-0.4, -0.2) is 38.4 Å². The van der Waals surface area contributed by atoms with Crippen molar-refractivity contribution in [3.63, 3.8) is 0 Å². The van der Waals surface area contributed by atoms with Crippen LogP contribution in [-0.2, 0) is 13.2 Å². The number of carbonyl (C=O) groups is 2. The van der Waals surface area contributed by atoms with E-state index in [9.17, 15) is 22.8 Å². The Balaban J connectivity index is 1.69. The van der Waals surface area contributed by atoms with Gasteiger partial charge in [-0.05, 0) is 13.0 Å². The van der Waals surface area contributed by atoms with Gasteiger partial charge in [0.05, 0.1) is 36.1 Å². The number of imidazole rings is 1. The fourth-order valence-electron chi connectivity index (χ4n) is 2.62. The minimum Gasteiger partial charge on any atom is -0.468 e. The van der Waals surface area contributed by atoms with E-state index in [1.165, 1.54) is 24.1 Å². The van der Waals surface area contributed by atoms with E-state index in [-0.39, 0.29) is 22.4 Å². The molecule has 3 aromatic rings. The molecule has 9 nitrogen and oxygen atoms in total. The minimum atomic E-state index is -4.69. The van der Waals surface area contributed by atoms with Crippen molar-refractivity contribution in [2.45, 2.75) is 19.1 Å². The summed E-state index contributed by atoms with van der Waals surface area (Å²) in [4.78, 5) is 36.8. The highest BCUT2D eigenvalue weighted by Gasteiger charge is 2.34. The second-order valence-electron chi connectivity index (χ2n) is 6.45. The molecule has 1 atom stereocenters. The van der Waals surface area contributed by atoms with Gasteiger partial charge in [-0.3, -0.25) is 14.2 Å². The zero-order valence-electron chi connectivity index (χ0n) is 16.8. The third-order valence-corrected chi connectivity index (χ3v) is 5.71. The largest absolute Gasteiger partial charge is 0.468 e. The molecule has 0 aliphatic rings. The smallest absolute Gasteiger partial charge is 0.418 e. The van der Waals surface area contributed by atoms with Crippen LogP contribution in [0.3, 0.4) is 0 Å². The summed E-state index contributed by atoms with van der Waals surface area (Å²) in [5, 5.41) is 4.85. The monoisotopic (exact) mass is 488 g/mol. The van der Waals surface area contributed by atoms with Gasteiger partial charge in [-0.25, -0.2) is 15.0 Å². The fraction of sp³-hybridized carbons (Fsp3) is 0.278. The molecule has 2 amide bonds. The lowest BCUT2D eigenvalue weighted by molar-refractivity contribution is -0.137. The van der Waals surface area contributed by atoms with Gasteiger partial charge in [-0.15, -0.1) is 11.3 Å². The molecule has 32 heavy (non-hydrogen) atoms. The summed E-state index contributed by atoms with van der Waals surface area (Å²) < 4.78 is 45.4. The number of hydrogen-bond acceptors (Lipinski definition) is 7. The van der Waals surface area contributed by atoms with Crippen LogP contribution < -0.4 is 15.4 Å². The van der Waals surface area contributed by atoms with Crippen LogP contribution in [0.25, 0.3) is 0 Å². The van der Waals surface area contributed by atoms with Gasteiger partial charge in [0.15, 0.2) is 0 Å². The lowest BCUT2D eigenvalue weighted by atomic mass is 10.2. The standard InChI is InChI=1S/C18H16ClF3N6O3S/c1-8(26-14(29)11-6-25-17(31-3)28(11)2)16-24-7-12(32-16)15(30)27-13-4-9(18(20,21)22)10(19)5-23-13/h4-8H,1-3H3,(H,26,29)(H,23,27,30)/t8-/m1/s1. The van der Waals surface area contributed by atoms with E-state index < -0.39 is 34.6 Å². The molecular weight excluding hydrogens is 473 g/mol. The summed E-state index contributed by atoms with van der Waals surface area (Å²) in [6.07, 6.45) is -1.27. The Morgan fingerprint density at radius 3 is 2.53 bits per heavy atom. The number of nitrogens with one attached hydrogen (secondary N) is 2. The number of halogens is 4. The molecule has 0 aromatic carbocycles. The number of ether oxygens (including phenoxy) is 1. The number of rotatable bonds is 6. The maximum absolute atomic E-state index is 13.0. The minimum absolute atomic E-state index is 0.119. The maximum Gasteiger partial charge on any atom is 0.418 e. The number of anilines is 1. The van der Waals surface area contributed by atoms with E-state index in [4.69, 9.17) is 16.3 Å². The third kappa shape index (κ3) is 4.99. The molecule has 0 bridgehead atoms. The van der Waals surface area contributed by atoms with Crippen molar-refractivity contribution in [3.8, 4) is 6.01 Å². The molecule has 0 radical (unpaired) electrons.